The average Bonchev–Trinajstić information content (AvgIpc) is 2.23. The van der Waals surface area contributed by atoms with Gasteiger partial charge in [-0.15, -0.1) is 0 Å². The van der Waals surface area contributed by atoms with Gasteiger partial charge in [-0.05, 0) is 24.8 Å². The van der Waals surface area contributed by atoms with Gasteiger partial charge in [-0.1, -0.05) is 54.6 Å². The number of carbonyl (C=O) groups excluding carboxylic acids is 1. The van der Waals surface area contributed by atoms with Crippen molar-refractivity contribution >= 4 is 21.9 Å². The molecule has 1 atom stereocenters. The van der Waals surface area contributed by atoms with E-state index in [1.165, 1.54) is 0 Å². The Hall–Kier alpha value is -0.750. The molecule has 0 aliphatic heterocycles. The number of ether oxygens (including phenoxy) is 1. The van der Waals surface area contributed by atoms with Crippen LogP contribution in [-0.2, 0) is 9.53 Å². The van der Waals surface area contributed by atoms with Gasteiger partial charge in [0.05, 0.1) is 13.0 Å². The molecule has 0 fully saturated rings. The molecular weight excluding hydrogens is 292 g/mol. The number of rotatable bonds is 6. The molecule has 0 saturated carbocycles. The van der Waals surface area contributed by atoms with Gasteiger partial charge in [0.25, 0.3) is 0 Å². The highest BCUT2D eigenvalue weighted by molar-refractivity contribution is 9.09. The molecule has 0 N–H and O–H groups in total. The van der Waals surface area contributed by atoms with Gasteiger partial charge in [0.1, 0.15) is 0 Å². The molecule has 0 aromatic rings. The fourth-order valence-corrected chi connectivity index (χ4v) is 2.04. The third-order valence-corrected chi connectivity index (χ3v) is 2.78. The lowest BCUT2D eigenvalue weighted by Gasteiger charge is -2.24. The Bertz CT molecular complexity index is 334. The molecular formula is C15H23BrO2. The number of allylic oxidation sites excluding steroid dienone is 2. The second-order valence-electron chi connectivity index (χ2n) is 5.10. The van der Waals surface area contributed by atoms with Crippen LogP contribution in [0.1, 0.15) is 40.5 Å². The molecule has 0 aromatic heterocycles. The first-order valence-corrected chi connectivity index (χ1v) is 7.41. The molecule has 0 bridgehead atoms. The van der Waals surface area contributed by atoms with Crippen molar-refractivity contribution in [2.24, 2.45) is 11.3 Å². The Morgan fingerprint density at radius 3 is 2.72 bits per heavy atom. The van der Waals surface area contributed by atoms with Crippen LogP contribution < -0.4 is 0 Å². The molecule has 0 amide bonds. The van der Waals surface area contributed by atoms with Crippen molar-refractivity contribution < 1.29 is 9.53 Å². The summed E-state index contributed by atoms with van der Waals surface area (Å²) in [6, 6.07) is 0. The van der Waals surface area contributed by atoms with E-state index in [-0.39, 0.29) is 17.3 Å². The lowest BCUT2D eigenvalue weighted by molar-refractivity contribution is -0.145. The quantitative estimate of drug-likeness (QED) is 0.421. The predicted molar refractivity (Wildman–Crippen MR) is 79.5 cm³/mol. The lowest BCUT2D eigenvalue weighted by Crippen LogP contribution is -2.21. The van der Waals surface area contributed by atoms with Crippen molar-refractivity contribution in [2.75, 3.05) is 11.9 Å². The molecule has 0 heterocycles. The first kappa shape index (κ1) is 17.2. The Balaban J connectivity index is 4.24. The Morgan fingerprint density at radius 1 is 1.50 bits per heavy atom. The minimum atomic E-state index is -0.123. The molecule has 102 valence electrons. The summed E-state index contributed by atoms with van der Waals surface area (Å²) in [5, 5.41) is 0.824. The summed E-state index contributed by atoms with van der Waals surface area (Å²) >= 11 is 3.30. The average molecular weight is 315 g/mol. The zero-order valence-electron chi connectivity index (χ0n) is 11.8. The summed E-state index contributed by atoms with van der Waals surface area (Å²) in [6.07, 6.45) is 5.15. The van der Waals surface area contributed by atoms with Gasteiger partial charge in [-0.2, -0.15) is 0 Å². The molecule has 0 saturated heterocycles. The van der Waals surface area contributed by atoms with Crippen molar-refractivity contribution in [3.63, 3.8) is 0 Å². The van der Waals surface area contributed by atoms with Crippen LogP contribution in [0.5, 0.6) is 0 Å². The van der Waals surface area contributed by atoms with Crippen molar-refractivity contribution in [3.05, 3.63) is 12.2 Å². The van der Waals surface area contributed by atoms with E-state index in [0.717, 1.165) is 11.8 Å². The topological polar surface area (TPSA) is 26.3 Å². The largest absolute Gasteiger partial charge is 0.466 e. The van der Waals surface area contributed by atoms with E-state index in [1.807, 2.05) is 19.1 Å². The number of alkyl halides is 1. The van der Waals surface area contributed by atoms with Crippen LogP contribution >= 0.6 is 15.9 Å². The summed E-state index contributed by atoms with van der Waals surface area (Å²) in [5.74, 6) is 6.33. The highest BCUT2D eigenvalue weighted by Crippen LogP contribution is 2.29. The number of hydrogen-bond donors (Lipinski definition) is 0. The van der Waals surface area contributed by atoms with Gasteiger partial charge in [-0.25, -0.2) is 0 Å². The van der Waals surface area contributed by atoms with Crippen LogP contribution in [0.25, 0.3) is 0 Å². The number of halogens is 1. The van der Waals surface area contributed by atoms with Crippen molar-refractivity contribution in [3.8, 4) is 11.8 Å². The smallest absolute Gasteiger partial charge is 0.306 e. The minimum Gasteiger partial charge on any atom is -0.466 e. The normalized spacial score (nSPS) is 12.9. The number of carbonyl (C=O) groups is 1. The van der Waals surface area contributed by atoms with Crippen molar-refractivity contribution in [1.82, 2.24) is 0 Å². The Morgan fingerprint density at radius 2 is 2.17 bits per heavy atom. The van der Waals surface area contributed by atoms with E-state index < -0.39 is 0 Å². The van der Waals surface area contributed by atoms with Gasteiger partial charge in [0.15, 0.2) is 0 Å². The zero-order valence-corrected chi connectivity index (χ0v) is 13.3. The van der Waals surface area contributed by atoms with Crippen LogP contribution in [0.2, 0.25) is 0 Å². The fourth-order valence-electron chi connectivity index (χ4n) is 1.85. The maximum atomic E-state index is 11.5. The summed E-state index contributed by atoms with van der Waals surface area (Å²) in [6.45, 7) is 8.52. The first-order valence-electron chi connectivity index (χ1n) is 6.29. The highest BCUT2D eigenvalue weighted by atomic mass is 79.9. The zero-order chi connectivity index (χ0) is 14.0. The summed E-state index contributed by atoms with van der Waals surface area (Å²) in [7, 11) is 0. The standard InChI is InChI=1S/C15H23BrO2/c1-5-18-14(17)12-15(3,4)11-13(2)9-7-6-8-10-16/h6,8,13H,5,10-12H2,1-4H3/b8-6+/t13-/m1/s1. The van der Waals surface area contributed by atoms with Crippen molar-refractivity contribution in [2.45, 2.75) is 40.5 Å². The third-order valence-electron chi connectivity index (χ3n) is 2.41. The van der Waals surface area contributed by atoms with Gasteiger partial charge in [0.2, 0.25) is 0 Å². The predicted octanol–water partition coefficient (Wildman–Crippen LogP) is 3.95. The summed E-state index contributed by atoms with van der Waals surface area (Å²) in [4.78, 5) is 11.5. The molecule has 0 radical (unpaired) electrons. The van der Waals surface area contributed by atoms with Gasteiger partial charge < -0.3 is 4.74 Å². The molecule has 0 rings (SSSR count). The SMILES string of the molecule is CCOC(=O)CC(C)(C)C[C@H](C)C#C/C=C/CBr. The molecule has 18 heavy (non-hydrogen) atoms. The Kier molecular flexibility index (Phi) is 8.83. The molecule has 0 aromatic carbocycles. The summed E-state index contributed by atoms with van der Waals surface area (Å²) < 4.78 is 4.98. The Labute approximate surface area is 119 Å². The number of esters is 1. The maximum Gasteiger partial charge on any atom is 0.306 e. The molecule has 3 heteroatoms. The second-order valence-corrected chi connectivity index (χ2v) is 5.74. The lowest BCUT2D eigenvalue weighted by atomic mass is 9.81. The van der Waals surface area contributed by atoms with E-state index in [1.54, 1.807) is 0 Å². The van der Waals surface area contributed by atoms with E-state index in [4.69, 9.17) is 4.74 Å². The van der Waals surface area contributed by atoms with Crippen LogP contribution in [0.4, 0.5) is 0 Å². The third kappa shape index (κ3) is 9.30. The van der Waals surface area contributed by atoms with Crippen LogP contribution in [0.15, 0.2) is 12.2 Å². The van der Waals surface area contributed by atoms with Gasteiger partial charge >= 0.3 is 5.97 Å². The molecule has 0 unspecified atom stereocenters. The summed E-state index contributed by atoms with van der Waals surface area (Å²) in [5.41, 5.74) is -0.0700. The molecule has 2 nitrogen and oxygen atoms in total. The van der Waals surface area contributed by atoms with E-state index in [2.05, 4.69) is 48.5 Å². The van der Waals surface area contributed by atoms with Gasteiger partial charge in [0, 0.05) is 11.2 Å². The first-order chi connectivity index (χ1) is 8.41. The fraction of sp³-hybridized carbons (Fsp3) is 0.667. The molecule has 0 aliphatic carbocycles. The maximum absolute atomic E-state index is 11.5. The van der Waals surface area contributed by atoms with Crippen molar-refractivity contribution in [1.29, 1.82) is 0 Å². The number of hydrogen-bond acceptors (Lipinski definition) is 2. The molecule has 0 aliphatic rings. The van der Waals surface area contributed by atoms with Crippen LogP contribution in [0, 0.1) is 23.2 Å². The van der Waals surface area contributed by atoms with Gasteiger partial charge in [-0.3, -0.25) is 4.79 Å². The van der Waals surface area contributed by atoms with E-state index in [0.29, 0.717) is 13.0 Å². The highest BCUT2D eigenvalue weighted by Gasteiger charge is 2.24. The van der Waals surface area contributed by atoms with E-state index in [9.17, 15) is 4.79 Å². The van der Waals surface area contributed by atoms with Crippen LogP contribution in [-0.4, -0.2) is 17.9 Å². The van der Waals surface area contributed by atoms with E-state index >= 15 is 0 Å². The molecule has 0 spiro atoms. The second kappa shape index (κ2) is 9.22. The monoisotopic (exact) mass is 314 g/mol. The van der Waals surface area contributed by atoms with Crippen LogP contribution in [0.3, 0.4) is 0 Å². The minimum absolute atomic E-state index is 0.0700.